The number of hydrogen-bond donors (Lipinski definition) is 2. The van der Waals surface area contributed by atoms with E-state index in [1.807, 2.05) is 56.3 Å². The molecule has 0 spiro atoms. The molecule has 3 rings (SSSR count). The van der Waals surface area contributed by atoms with Crippen molar-refractivity contribution in [3.05, 3.63) is 88.7 Å². The van der Waals surface area contributed by atoms with E-state index in [4.69, 9.17) is 4.74 Å². The van der Waals surface area contributed by atoms with Crippen LogP contribution in [0.3, 0.4) is 0 Å². The average molecular weight is 389 g/mol. The van der Waals surface area contributed by atoms with Gasteiger partial charge >= 0.3 is 0 Å². The zero-order valence-corrected chi connectivity index (χ0v) is 16.7. The molecule has 3 aromatic rings. The van der Waals surface area contributed by atoms with Gasteiger partial charge in [0.15, 0.2) is 0 Å². The number of aromatic nitrogens is 1. The number of methoxy groups -OCH3 is 1. The van der Waals surface area contributed by atoms with E-state index >= 15 is 0 Å². The molecule has 2 aromatic carbocycles. The Labute approximate surface area is 169 Å². The van der Waals surface area contributed by atoms with Crippen LogP contribution < -0.4 is 15.4 Å². The van der Waals surface area contributed by atoms with Gasteiger partial charge in [-0.3, -0.25) is 14.6 Å². The van der Waals surface area contributed by atoms with Crippen LogP contribution >= 0.6 is 0 Å². The Morgan fingerprint density at radius 1 is 0.931 bits per heavy atom. The van der Waals surface area contributed by atoms with Crippen LogP contribution in [0.1, 0.15) is 37.4 Å². The van der Waals surface area contributed by atoms with Crippen LogP contribution in [0.4, 0.5) is 5.69 Å². The van der Waals surface area contributed by atoms with Crippen molar-refractivity contribution >= 4 is 17.5 Å². The van der Waals surface area contributed by atoms with Crippen molar-refractivity contribution in [3.63, 3.8) is 0 Å². The molecular weight excluding hydrogens is 366 g/mol. The molecule has 2 amide bonds. The number of anilines is 1. The molecule has 1 aromatic heterocycles. The number of benzene rings is 2. The maximum Gasteiger partial charge on any atom is 0.257 e. The van der Waals surface area contributed by atoms with E-state index in [-0.39, 0.29) is 11.8 Å². The summed E-state index contributed by atoms with van der Waals surface area (Å²) in [5.41, 5.74) is 4.20. The van der Waals surface area contributed by atoms with Crippen molar-refractivity contribution < 1.29 is 14.3 Å². The first-order valence-corrected chi connectivity index (χ1v) is 9.22. The summed E-state index contributed by atoms with van der Waals surface area (Å²) in [6.45, 7) is 4.17. The SMILES string of the molecule is COc1ccccc1CNC(=O)c1cncc(C(=O)Nc2c(C)cccc2C)c1. The van der Waals surface area contributed by atoms with Crippen LogP contribution in [0.5, 0.6) is 5.75 Å². The monoisotopic (exact) mass is 389 g/mol. The van der Waals surface area contributed by atoms with Crippen LogP contribution in [-0.2, 0) is 6.54 Å². The Hall–Kier alpha value is -3.67. The fourth-order valence-corrected chi connectivity index (χ4v) is 3.01. The maximum absolute atomic E-state index is 12.7. The molecule has 0 bridgehead atoms. The van der Waals surface area contributed by atoms with Crippen molar-refractivity contribution in [1.82, 2.24) is 10.3 Å². The number of para-hydroxylation sites is 2. The van der Waals surface area contributed by atoms with E-state index in [2.05, 4.69) is 15.6 Å². The average Bonchev–Trinajstić information content (AvgIpc) is 2.74. The second-order valence-corrected chi connectivity index (χ2v) is 6.68. The fourth-order valence-electron chi connectivity index (χ4n) is 3.01. The molecule has 0 saturated heterocycles. The van der Waals surface area contributed by atoms with Gasteiger partial charge in [0, 0.05) is 30.2 Å². The first-order valence-electron chi connectivity index (χ1n) is 9.22. The third kappa shape index (κ3) is 4.79. The number of aryl methyl sites for hydroxylation is 2. The summed E-state index contributed by atoms with van der Waals surface area (Å²) in [7, 11) is 1.59. The lowest BCUT2D eigenvalue weighted by molar-refractivity contribution is 0.0950. The van der Waals surface area contributed by atoms with E-state index in [0.717, 1.165) is 22.4 Å². The zero-order valence-electron chi connectivity index (χ0n) is 16.7. The van der Waals surface area contributed by atoms with E-state index in [0.29, 0.717) is 23.4 Å². The molecule has 0 saturated carbocycles. The first-order chi connectivity index (χ1) is 14.0. The van der Waals surface area contributed by atoms with Crippen LogP contribution in [0.25, 0.3) is 0 Å². The van der Waals surface area contributed by atoms with E-state index in [1.54, 1.807) is 7.11 Å². The molecular formula is C23H23N3O3. The largest absolute Gasteiger partial charge is 0.496 e. The minimum absolute atomic E-state index is 0.307. The third-order valence-electron chi connectivity index (χ3n) is 4.61. The molecule has 148 valence electrons. The second kappa shape index (κ2) is 9.01. The minimum Gasteiger partial charge on any atom is -0.496 e. The topological polar surface area (TPSA) is 80.3 Å². The normalized spacial score (nSPS) is 10.3. The Balaban J connectivity index is 1.71. The molecule has 1 heterocycles. The van der Waals surface area contributed by atoms with Gasteiger partial charge in [-0.15, -0.1) is 0 Å². The summed E-state index contributed by atoms with van der Waals surface area (Å²) in [6.07, 6.45) is 2.88. The molecule has 0 aliphatic carbocycles. The zero-order chi connectivity index (χ0) is 20.8. The predicted octanol–water partition coefficient (Wildman–Crippen LogP) is 3.89. The van der Waals surface area contributed by atoms with Crippen LogP contribution in [-0.4, -0.2) is 23.9 Å². The lowest BCUT2D eigenvalue weighted by atomic mass is 10.1. The number of nitrogens with one attached hydrogen (secondary N) is 2. The van der Waals surface area contributed by atoms with E-state index in [9.17, 15) is 9.59 Å². The van der Waals surface area contributed by atoms with Gasteiger partial charge in [-0.2, -0.15) is 0 Å². The molecule has 0 aliphatic heterocycles. The maximum atomic E-state index is 12.7. The Kier molecular flexibility index (Phi) is 6.24. The summed E-state index contributed by atoms with van der Waals surface area (Å²) in [5, 5.41) is 5.74. The number of nitrogens with zero attached hydrogens (tertiary/aromatic N) is 1. The van der Waals surface area contributed by atoms with Crippen LogP contribution in [0.15, 0.2) is 60.9 Å². The quantitative estimate of drug-likeness (QED) is 0.670. The number of rotatable bonds is 6. The molecule has 29 heavy (non-hydrogen) atoms. The lowest BCUT2D eigenvalue weighted by Gasteiger charge is -2.12. The number of carbonyl (C=O) groups is 2. The molecule has 6 nitrogen and oxygen atoms in total. The van der Waals surface area contributed by atoms with Gasteiger partial charge in [0.05, 0.1) is 18.2 Å². The van der Waals surface area contributed by atoms with Crippen molar-refractivity contribution in [2.45, 2.75) is 20.4 Å². The first kappa shape index (κ1) is 20.1. The van der Waals surface area contributed by atoms with Crippen LogP contribution in [0, 0.1) is 13.8 Å². The smallest absolute Gasteiger partial charge is 0.257 e. The summed E-state index contributed by atoms with van der Waals surface area (Å²) in [5.74, 6) is 0.0760. The van der Waals surface area contributed by atoms with Crippen molar-refractivity contribution in [1.29, 1.82) is 0 Å². The molecule has 0 radical (unpaired) electrons. The van der Waals surface area contributed by atoms with Gasteiger partial charge in [0.2, 0.25) is 0 Å². The van der Waals surface area contributed by atoms with Gasteiger partial charge in [-0.25, -0.2) is 0 Å². The van der Waals surface area contributed by atoms with Crippen LogP contribution in [0.2, 0.25) is 0 Å². The van der Waals surface area contributed by atoms with Gasteiger partial charge < -0.3 is 15.4 Å². The third-order valence-corrected chi connectivity index (χ3v) is 4.61. The number of carbonyl (C=O) groups excluding carboxylic acids is 2. The molecule has 0 unspecified atom stereocenters. The molecule has 2 N–H and O–H groups in total. The predicted molar refractivity (Wildman–Crippen MR) is 112 cm³/mol. The number of ether oxygens (including phenoxy) is 1. The highest BCUT2D eigenvalue weighted by Crippen LogP contribution is 2.20. The standard InChI is InChI=1S/C23H23N3O3/c1-15-7-6-8-16(2)21(15)26-23(28)19-11-18(12-24-13-19)22(27)25-14-17-9-4-5-10-20(17)29-3/h4-13H,14H2,1-3H3,(H,25,27)(H,26,28). The summed E-state index contributed by atoms with van der Waals surface area (Å²) < 4.78 is 5.29. The highest BCUT2D eigenvalue weighted by molar-refractivity contribution is 6.06. The molecule has 0 atom stereocenters. The van der Waals surface area contributed by atoms with Crippen molar-refractivity contribution in [2.24, 2.45) is 0 Å². The summed E-state index contributed by atoms with van der Waals surface area (Å²) >= 11 is 0. The highest BCUT2D eigenvalue weighted by Gasteiger charge is 2.14. The summed E-state index contributed by atoms with van der Waals surface area (Å²) in [4.78, 5) is 29.2. The Bertz CT molecular complexity index is 1030. The van der Waals surface area contributed by atoms with Crippen molar-refractivity contribution in [2.75, 3.05) is 12.4 Å². The van der Waals surface area contributed by atoms with E-state index < -0.39 is 0 Å². The Morgan fingerprint density at radius 2 is 1.59 bits per heavy atom. The number of hydrogen-bond acceptors (Lipinski definition) is 4. The fraction of sp³-hybridized carbons (Fsp3) is 0.174. The second-order valence-electron chi connectivity index (χ2n) is 6.68. The van der Waals surface area contributed by atoms with Gasteiger partial charge in [-0.05, 0) is 37.1 Å². The summed E-state index contributed by atoms with van der Waals surface area (Å²) in [6, 6.07) is 14.8. The van der Waals surface area contributed by atoms with Gasteiger partial charge in [-0.1, -0.05) is 36.4 Å². The van der Waals surface area contributed by atoms with Gasteiger partial charge in [0.25, 0.3) is 11.8 Å². The molecule has 6 heteroatoms. The molecule has 0 fully saturated rings. The molecule has 0 aliphatic rings. The number of pyridine rings is 1. The van der Waals surface area contributed by atoms with Crippen molar-refractivity contribution in [3.8, 4) is 5.75 Å². The highest BCUT2D eigenvalue weighted by atomic mass is 16.5. The number of amides is 2. The Morgan fingerprint density at radius 3 is 2.28 bits per heavy atom. The van der Waals surface area contributed by atoms with E-state index in [1.165, 1.54) is 18.5 Å². The van der Waals surface area contributed by atoms with Gasteiger partial charge in [0.1, 0.15) is 5.75 Å². The lowest BCUT2D eigenvalue weighted by Crippen LogP contribution is -2.24. The minimum atomic E-state index is -0.315.